The van der Waals surface area contributed by atoms with Crippen LogP contribution in [0.3, 0.4) is 0 Å². The normalized spacial score (nSPS) is 29.3. The maximum absolute atomic E-state index is 12.6. The van der Waals surface area contributed by atoms with Crippen molar-refractivity contribution in [2.24, 2.45) is 29.6 Å². The number of aliphatic hydroxyl groups excluding tert-OH is 1. The highest BCUT2D eigenvalue weighted by Gasteiger charge is 2.42. The number of ether oxygens (including phenoxy) is 2. The third-order valence-electron chi connectivity index (χ3n) is 6.98. The van der Waals surface area contributed by atoms with Crippen LogP contribution in [0.15, 0.2) is 23.8 Å². The van der Waals surface area contributed by atoms with E-state index in [2.05, 4.69) is 32.1 Å². The minimum atomic E-state index is -1.09. The summed E-state index contributed by atoms with van der Waals surface area (Å²) in [6, 6.07) is 0. The lowest BCUT2D eigenvalue weighted by molar-refractivity contribution is -0.159. The van der Waals surface area contributed by atoms with Gasteiger partial charge in [0.1, 0.15) is 12.2 Å². The van der Waals surface area contributed by atoms with Crippen LogP contribution in [-0.2, 0) is 23.9 Å². The first kappa shape index (κ1) is 27.1. The van der Waals surface area contributed by atoms with E-state index in [1.165, 1.54) is 12.5 Å². The highest BCUT2D eigenvalue weighted by atomic mass is 16.5. The number of aliphatic hydroxyl groups is 1. The Labute approximate surface area is 197 Å². The summed E-state index contributed by atoms with van der Waals surface area (Å²) in [5.41, 5.74) is 1.19. The Morgan fingerprint density at radius 1 is 1.24 bits per heavy atom. The highest BCUT2D eigenvalue weighted by Crippen LogP contribution is 2.45. The van der Waals surface area contributed by atoms with Crippen LogP contribution in [0.5, 0.6) is 0 Å². The molecule has 8 atom stereocenters. The van der Waals surface area contributed by atoms with E-state index in [1.807, 2.05) is 13.8 Å². The molecule has 0 bridgehead atoms. The van der Waals surface area contributed by atoms with Crippen molar-refractivity contribution >= 4 is 17.9 Å². The molecule has 0 amide bonds. The van der Waals surface area contributed by atoms with Gasteiger partial charge in [0.2, 0.25) is 0 Å². The summed E-state index contributed by atoms with van der Waals surface area (Å²) in [4.78, 5) is 35.1. The Hall–Kier alpha value is -2.15. The van der Waals surface area contributed by atoms with Crippen LogP contribution < -0.4 is 0 Å². The van der Waals surface area contributed by atoms with Gasteiger partial charge < -0.3 is 19.7 Å². The molecule has 7 nitrogen and oxygen atoms in total. The molecule has 2 rings (SSSR count). The molecule has 0 fully saturated rings. The van der Waals surface area contributed by atoms with Gasteiger partial charge in [0.15, 0.2) is 0 Å². The van der Waals surface area contributed by atoms with Crippen LogP contribution >= 0.6 is 0 Å². The minimum absolute atomic E-state index is 0.0659. The quantitative estimate of drug-likeness (QED) is 0.439. The van der Waals surface area contributed by atoms with Gasteiger partial charge in [-0.2, -0.15) is 0 Å². The zero-order chi connectivity index (χ0) is 24.7. The molecule has 7 heteroatoms. The van der Waals surface area contributed by atoms with Gasteiger partial charge in [-0.1, -0.05) is 45.9 Å². The van der Waals surface area contributed by atoms with Gasteiger partial charge in [-0.15, -0.1) is 0 Å². The van der Waals surface area contributed by atoms with Crippen molar-refractivity contribution in [1.82, 2.24) is 0 Å². The molecule has 0 saturated heterocycles. The fraction of sp³-hybridized carbons (Fsp3) is 0.731. The van der Waals surface area contributed by atoms with Crippen molar-refractivity contribution in [3.8, 4) is 0 Å². The molecule has 0 aromatic rings. The summed E-state index contributed by atoms with van der Waals surface area (Å²) < 4.78 is 11.4. The largest absolute Gasteiger partial charge is 0.481 e. The maximum Gasteiger partial charge on any atom is 0.308 e. The molecular weight excluding hydrogens is 424 g/mol. The van der Waals surface area contributed by atoms with Crippen LogP contribution in [0.1, 0.15) is 73.1 Å². The number of rotatable bonds is 11. The molecule has 0 radical (unpaired) electrons. The number of hydrogen-bond acceptors (Lipinski definition) is 6. The topological polar surface area (TPSA) is 110 Å². The molecular formula is C26H40O7. The molecule has 0 saturated carbocycles. The first-order valence-corrected chi connectivity index (χ1v) is 12.2. The Bertz CT molecular complexity index is 756. The summed E-state index contributed by atoms with van der Waals surface area (Å²) in [7, 11) is 0. The molecule has 0 unspecified atom stereocenters. The average Bonchev–Trinajstić information content (AvgIpc) is 2.71. The second-order valence-corrected chi connectivity index (χ2v) is 9.87. The maximum atomic E-state index is 12.6. The van der Waals surface area contributed by atoms with Crippen molar-refractivity contribution in [2.75, 3.05) is 0 Å². The molecule has 2 aliphatic carbocycles. The van der Waals surface area contributed by atoms with Crippen molar-refractivity contribution in [2.45, 2.75) is 91.5 Å². The van der Waals surface area contributed by atoms with Crippen LogP contribution in [0.4, 0.5) is 0 Å². The van der Waals surface area contributed by atoms with E-state index in [-0.39, 0.29) is 48.6 Å². The number of esters is 2. The Balaban J connectivity index is 2.18. The van der Waals surface area contributed by atoms with Gasteiger partial charge >= 0.3 is 17.9 Å². The van der Waals surface area contributed by atoms with Crippen LogP contribution in [0.2, 0.25) is 0 Å². The van der Waals surface area contributed by atoms with Gasteiger partial charge in [0.05, 0.1) is 18.4 Å². The number of hydrogen-bond donors (Lipinski definition) is 2. The SMILES string of the molecule is CC[C@@H](C)C(=O)O[C@@H]1C[C@H](C)C=C2C=C[C@@H](C)[C@@H](CC[C@@H](C[C@H](O)CC(=O)O)OC(C)=O)[C@@H]21. The molecule has 0 aromatic carbocycles. The number of aliphatic carboxylic acids is 1. The van der Waals surface area contributed by atoms with Gasteiger partial charge in [0, 0.05) is 19.3 Å². The van der Waals surface area contributed by atoms with E-state index in [1.54, 1.807) is 0 Å². The van der Waals surface area contributed by atoms with E-state index in [0.717, 1.165) is 12.8 Å². The average molecular weight is 465 g/mol. The fourth-order valence-corrected chi connectivity index (χ4v) is 5.08. The monoisotopic (exact) mass is 464 g/mol. The number of carboxylic acid groups (broad SMARTS) is 1. The standard InChI is InChI=1S/C26H40O7/c1-6-16(3)26(31)33-23-12-15(2)11-19-8-7-17(4)22(25(19)23)10-9-21(32-18(5)27)13-20(28)14-24(29)30/h7-8,11,15-17,20-23,25,28H,6,9-10,12-14H2,1-5H3,(H,29,30)/t15-,16-,17-,20+,21+,22-,23-,25-/m1/s1. The Morgan fingerprint density at radius 2 is 1.94 bits per heavy atom. The zero-order valence-electron chi connectivity index (χ0n) is 20.5. The van der Waals surface area contributed by atoms with Crippen LogP contribution in [0.25, 0.3) is 0 Å². The third-order valence-corrected chi connectivity index (χ3v) is 6.98. The van der Waals surface area contributed by atoms with E-state index in [0.29, 0.717) is 18.8 Å². The molecule has 0 heterocycles. The summed E-state index contributed by atoms with van der Waals surface area (Å²) in [6.07, 6.45) is 7.15. The smallest absolute Gasteiger partial charge is 0.308 e. The summed E-state index contributed by atoms with van der Waals surface area (Å²) in [6.45, 7) is 9.45. The van der Waals surface area contributed by atoms with Crippen molar-refractivity contribution in [3.63, 3.8) is 0 Å². The van der Waals surface area contributed by atoms with Gasteiger partial charge in [0.25, 0.3) is 0 Å². The lowest BCUT2D eigenvalue weighted by Gasteiger charge is -2.43. The van der Waals surface area contributed by atoms with Crippen molar-refractivity contribution in [1.29, 1.82) is 0 Å². The predicted molar refractivity (Wildman–Crippen MR) is 124 cm³/mol. The number of carbonyl (C=O) groups is 3. The molecule has 186 valence electrons. The van der Waals surface area contributed by atoms with E-state index in [9.17, 15) is 19.5 Å². The van der Waals surface area contributed by atoms with Gasteiger partial charge in [-0.25, -0.2) is 0 Å². The summed E-state index contributed by atoms with van der Waals surface area (Å²) in [5, 5.41) is 19.0. The second kappa shape index (κ2) is 12.4. The predicted octanol–water partition coefficient (Wildman–Crippen LogP) is 4.29. The highest BCUT2D eigenvalue weighted by molar-refractivity contribution is 5.72. The van der Waals surface area contributed by atoms with Crippen molar-refractivity contribution in [3.05, 3.63) is 23.8 Å². The minimum Gasteiger partial charge on any atom is -0.481 e. The zero-order valence-corrected chi connectivity index (χ0v) is 20.5. The van der Waals surface area contributed by atoms with E-state index < -0.39 is 24.1 Å². The summed E-state index contributed by atoms with van der Waals surface area (Å²) in [5.74, 6) is -1.05. The number of carbonyl (C=O) groups excluding carboxylic acids is 2. The molecule has 0 aromatic heterocycles. The van der Waals surface area contributed by atoms with Crippen LogP contribution in [-0.4, -0.2) is 46.4 Å². The third kappa shape index (κ3) is 7.98. The van der Waals surface area contributed by atoms with E-state index >= 15 is 0 Å². The molecule has 0 aliphatic heterocycles. The van der Waals surface area contributed by atoms with Crippen molar-refractivity contribution < 1.29 is 34.1 Å². The lowest BCUT2D eigenvalue weighted by Crippen LogP contribution is -2.42. The fourth-order valence-electron chi connectivity index (χ4n) is 5.08. The van der Waals surface area contributed by atoms with Gasteiger partial charge in [-0.05, 0) is 49.0 Å². The first-order valence-electron chi connectivity index (χ1n) is 12.2. The number of carboxylic acids is 1. The van der Waals surface area contributed by atoms with E-state index in [4.69, 9.17) is 14.6 Å². The van der Waals surface area contributed by atoms with Crippen LogP contribution in [0, 0.1) is 29.6 Å². The first-order chi connectivity index (χ1) is 15.5. The molecule has 2 N–H and O–H groups in total. The lowest BCUT2D eigenvalue weighted by atomic mass is 9.65. The Kier molecular flexibility index (Phi) is 10.1. The molecule has 2 aliphatic rings. The molecule has 33 heavy (non-hydrogen) atoms. The molecule has 0 spiro atoms. The van der Waals surface area contributed by atoms with Gasteiger partial charge in [-0.3, -0.25) is 14.4 Å². The summed E-state index contributed by atoms with van der Waals surface area (Å²) >= 11 is 0. The number of fused-ring (bicyclic) bond motifs is 1. The Morgan fingerprint density at radius 3 is 2.55 bits per heavy atom. The second-order valence-electron chi connectivity index (χ2n) is 9.87. The number of allylic oxidation sites excluding steroid dienone is 3.